The van der Waals surface area contributed by atoms with Crippen molar-refractivity contribution < 1.29 is 0 Å². The monoisotopic (exact) mass is 165 g/mol. The van der Waals surface area contributed by atoms with E-state index in [0.29, 0.717) is 5.54 Å². The third kappa shape index (κ3) is 0.836. The second-order valence-corrected chi connectivity index (χ2v) is 4.02. The molecule has 1 aliphatic carbocycles. The van der Waals surface area contributed by atoms with Gasteiger partial charge in [0.15, 0.2) is 0 Å². The highest BCUT2D eigenvalue weighted by molar-refractivity contribution is 5.40. The molecule has 3 rings (SSSR count). The lowest BCUT2D eigenvalue weighted by atomic mass is 9.85. The molecule has 1 unspecified atom stereocenters. The Labute approximate surface area is 72.6 Å². The maximum atomic E-state index is 3.62. The van der Waals surface area contributed by atoms with Gasteiger partial charge in [0.25, 0.3) is 0 Å². The van der Waals surface area contributed by atoms with Crippen molar-refractivity contribution in [3.63, 3.8) is 0 Å². The summed E-state index contributed by atoms with van der Waals surface area (Å²) in [5, 5.41) is 10.5. The van der Waals surface area contributed by atoms with Crippen molar-refractivity contribution in [3.05, 3.63) is 11.3 Å². The van der Waals surface area contributed by atoms with Crippen molar-refractivity contribution in [3.8, 4) is 0 Å². The summed E-state index contributed by atoms with van der Waals surface area (Å²) < 4.78 is 0. The molecule has 1 saturated carbocycles. The molecule has 0 bridgehead atoms. The minimum atomic E-state index is 0.310. The zero-order valence-electron chi connectivity index (χ0n) is 7.24. The Hall–Kier alpha value is -0.540. The van der Waals surface area contributed by atoms with Crippen LogP contribution in [-0.2, 0) is 0 Å². The van der Waals surface area contributed by atoms with Crippen molar-refractivity contribution in [2.45, 2.75) is 18.4 Å². The van der Waals surface area contributed by atoms with Crippen LogP contribution in [0.1, 0.15) is 12.8 Å². The van der Waals surface area contributed by atoms with Crippen molar-refractivity contribution in [1.29, 1.82) is 0 Å². The molecular formula is C9H15N3. The smallest absolute Gasteiger partial charge is 0.0883 e. The molecule has 3 aliphatic rings. The van der Waals surface area contributed by atoms with Gasteiger partial charge >= 0.3 is 0 Å². The van der Waals surface area contributed by atoms with Gasteiger partial charge in [0.1, 0.15) is 0 Å². The van der Waals surface area contributed by atoms with E-state index in [-0.39, 0.29) is 0 Å². The van der Waals surface area contributed by atoms with E-state index >= 15 is 0 Å². The molecule has 2 saturated heterocycles. The van der Waals surface area contributed by atoms with Gasteiger partial charge in [-0.05, 0) is 18.4 Å². The standard InChI is InChI=1S/C9H15N3/c1-2-7(1)8-9(6-11-8)5-10-3-4-12-9/h10-12H,1-6H2. The van der Waals surface area contributed by atoms with Gasteiger partial charge in [-0.25, -0.2) is 0 Å². The number of rotatable bonds is 0. The third-order valence-corrected chi connectivity index (χ3v) is 3.09. The number of hydrogen-bond acceptors (Lipinski definition) is 3. The number of piperazine rings is 1. The van der Waals surface area contributed by atoms with E-state index in [9.17, 15) is 0 Å². The average Bonchev–Trinajstić information content (AvgIpc) is 2.88. The average molecular weight is 165 g/mol. The fourth-order valence-electron chi connectivity index (χ4n) is 2.22. The molecule has 0 aromatic rings. The zero-order valence-corrected chi connectivity index (χ0v) is 7.24. The van der Waals surface area contributed by atoms with Crippen molar-refractivity contribution in [1.82, 2.24) is 16.0 Å². The van der Waals surface area contributed by atoms with Crippen LogP contribution in [0.4, 0.5) is 0 Å². The molecule has 66 valence electrons. The highest BCUT2D eigenvalue weighted by atomic mass is 15.2. The van der Waals surface area contributed by atoms with Gasteiger partial charge in [0.05, 0.1) is 5.54 Å². The first kappa shape index (κ1) is 6.92. The van der Waals surface area contributed by atoms with Crippen molar-refractivity contribution >= 4 is 0 Å². The van der Waals surface area contributed by atoms with Crippen LogP contribution in [0.25, 0.3) is 0 Å². The molecule has 0 amide bonds. The van der Waals surface area contributed by atoms with Gasteiger partial charge in [-0.15, -0.1) is 0 Å². The minimum Gasteiger partial charge on any atom is -0.384 e. The fraction of sp³-hybridized carbons (Fsp3) is 0.778. The Morgan fingerprint density at radius 3 is 2.50 bits per heavy atom. The van der Waals surface area contributed by atoms with Crippen LogP contribution in [0.5, 0.6) is 0 Å². The number of hydrogen-bond donors (Lipinski definition) is 3. The van der Waals surface area contributed by atoms with Gasteiger partial charge in [-0.2, -0.15) is 0 Å². The summed E-state index contributed by atoms with van der Waals surface area (Å²) in [6.45, 7) is 4.44. The maximum absolute atomic E-state index is 3.62. The Kier molecular flexibility index (Phi) is 1.29. The Morgan fingerprint density at radius 2 is 2.00 bits per heavy atom. The Bertz CT molecular complexity index is 232. The Balaban J connectivity index is 1.85. The van der Waals surface area contributed by atoms with E-state index in [1.807, 2.05) is 0 Å². The zero-order chi connectivity index (χ0) is 8.02. The van der Waals surface area contributed by atoms with Gasteiger partial charge in [0.2, 0.25) is 0 Å². The summed E-state index contributed by atoms with van der Waals surface area (Å²) in [5.41, 5.74) is 3.47. The molecule has 0 aromatic carbocycles. The predicted molar refractivity (Wildman–Crippen MR) is 47.9 cm³/mol. The minimum absolute atomic E-state index is 0.310. The van der Waals surface area contributed by atoms with Crippen LogP contribution in [-0.4, -0.2) is 31.7 Å². The third-order valence-electron chi connectivity index (χ3n) is 3.09. The molecule has 2 aliphatic heterocycles. The van der Waals surface area contributed by atoms with Gasteiger partial charge in [0, 0.05) is 31.9 Å². The van der Waals surface area contributed by atoms with Crippen LogP contribution >= 0.6 is 0 Å². The van der Waals surface area contributed by atoms with Gasteiger partial charge < -0.3 is 16.0 Å². The van der Waals surface area contributed by atoms with E-state index in [4.69, 9.17) is 0 Å². The summed E-state index contributed by atoms with van der Waals surface area (Å²) in [7, 11) is 0. The molecule has 3 fully saturated rings. The van der Waals surface area contributed by atoms with Crippen LogP contribution in [0.2, 0.25) is 0 Å². The highest BCUT2D eigenvalue weighted by Crippen LogP contribution is 2.38. The van der Waals surface area contributed by atoms with E-state index in [2.05, 4.69) is 16.0 Å². The van der Waals surface area contributed by atoms with E-state index in [1.54, 1.807) is 5.57 Å². The predicted octanol–water partition coefficient (Wildman–Crippen LogP) is -0.431. The fourth-order valence-corrected chi connectivity index (χ4v) is 2.22. The lowest BCUT2D eigenvalue weighted by molar-refractivity contribution is 0.238. The normalized spacial score (nSPS) is 39.3. The molecule has 3 N–H and O–H groups in total. The van der Waals surface area contributed by atoms with Gasteiger partial charge in [-0.3, -0.25) is 0 Å². The van der Waals surface area contributed by atoms with Crippen LogP contribution in [0, 0.1) is 0 Å². The van der Waals surface area contributed by atoms with Crippen molar-refractivity contribution in [2.24, 2.45) is 0 Å². The molecule has 1 atom stereocenters. The quantitative estimate of drug-likeness (QED) is 0.456. The second-order valence-electron chi connectivity index (χ2n) is 4.02. The van der Waals surface area contributed by atoms with E-state index in [1.165, 1.54) is 18.5 Å². The van der Waals surface area contributed by atoms with Crippen LogP contribution in [0.3, 0.4) is 0 Å². The first-order chi connectivity index (χ1) is 5.91. The molecule has 3 heteroatoms. The first-order valence-electron chi connectivity index (χ1n) is 4.83. The SMILES string of the molecule is C1CNC2(CN1)CNC2=C1CC1. The molecular weight excluding hydrogens is 150 g/mol. The molecule has 0 radical (unpaired) electrons. The largest absolute Gasteiger partial charge is 0.384 e. The molecule has 3 nitrogen and oxygen atoms in total. The summed E-state index contributed by atoms with van der Waals surface area (Å²) >= 11 is 0. The summed E-state index contributed by atoms with van der Waals surface area (Å²) in [5.74, 6) is 0. The molecule has 1 spiro atoms. The lowest BCUT2D eigenvalue weighted by Gasteiger charge is -2.49. The van der Waals surface area contributed by atoms with Crippen molar-refractivity contribution in [2.75, 3.05) is 26.2 Å². The second kappa shape index (κ2) is 2.24. The molecule has 2 heterocycles. The number of nitrogens with one attached hydrogen (secondary N) is 3. The lowest BCUT2D eigenvalue weighted by Crippen LogP contribution is -2.73. The maximum Gasteiger partial charge on any atom is 0.0883 e. The van der Waals surface area contributed by atoms with E-state index in [0.717, 1.165) is 26.2 Å². The van der Waals surface area contributed by atoms with E-state index < -0.39 is 0 Å². The first-order valence-corrected chi connectivity index (χ1v) is 4.83. The summed E-state index contributed by atoms with van der Waals surface area (Å²) in [6.07, 6.45) is 2.65. The van der Waals surface area contributed by atoms with Crippen LogP contribution < -0.4 is 16.0 Å². The molecule has 0 aromatic heterocycles. The highest BCUT2D eigenvalue weighted by Gasteiger charge is 2.45. The van der Waals surface area contributed by atoms with Crippen LogP contribution in [0.15, 0.2) is 11.3 Å². The Morgan fingerprint density at radius 1 is 1.08 bits per heavy atom. The topological polar surface area (TPSA) is 36.1 Å². The summed E-state index contributed by atoms with van der Waals surface area (Å²) in [4.78, 5) is 0. The van der Waals surface area contributed by atoms with Gasteiger partial charge in [-0.1, -0.05) is 0 Å². The number of allylic oxidation sites excluding steroid dienone is 1. The molecule has 12 heavy (non-hydrogen) atoms. The summed E-state index contributed by atoms with van der Waals surface area (Å²) in [6, 6.07) is 0.